The second-order valence-corrected chi connectivity index (χ2v) is 8.21. The van der Waals surface area contributed by atoms with E-state index in [-0.39, 0.29) is 24.9 Å². The lowest BCUT2D eigenvalue weighted by molar-refractivity contribution is -0.139. The van der Waals surface area contributed by atoms with Crippen LogP contribution in [0.3, 0.4) is 0 Å². The fourth-order valence-electron chi connectivity index (χ4n) is 3.67. The molecule has 13 heteroatoms. The smallest absolute Gasteiger partial charge is 0.423 e. The zero-order valence-electron chi connectivity index (χ0n) is 19.6. The first-order valence-corrected chi connectivity index (χ1v) is 11.7. The summed E-state index contributed by atoms with van der Waals surface area (Å²) in [5.41, 5.74) is -4.10. The van der Waals surface area contributed by atoms with Crippen LogP contribution in [0.15, 0.2) is 15.8 Å². The van der Waals surface area contributed by atoms with Crippen LogP contribution in [0.2, 0.25) is 0 Å². The highest BCUT2D eigenvalue weighted by Crippen LogP contribution is 2.32. The number of H-pyrrole nitrogens is 1. The number of hydrogen-bond acceptors (Lipinski definition) is 8. The van der Waals surface area contributed by atoms with E-state index in [0.717, 1.165) is 25.9 Å². The summed E-state index contributed by atoms with van der Waals surface area (Å²) >= 11 is 5.10. The molecular weight excluding hydrogens is 491 g/mol. The minimum Gasteiger partial charge on any atom is -0.456 e. The first-order valence-electron chi connectivity index (χ1n) is 11.3. The van der Waals surface area contributed by atoms with Crippen molar-refractivity contribution >= 4 is 17.5 Å². The van der Waals surface area contributed by atoms with E-state index in [2.05, 4.69) is 24.7 Å². The van der Waals surface area contributed by atoms with Crippen LogP contribution in [-0.2, 0) is 25.1 Å². The Morgan fingerprint density at radius 1 is 1.29 bits per heavy atom. The van der Waals surface area contributed by atoms with Gasteiger partial charge in [-0.1, -0.05) is 19.8 Å². The molecule has 0 saturated carbocycles. The lowest BCUT2D eigenvalue weighted by atomic mass is 10.2. The quantitative estimate of drug-likeness (QED) is 0.331. The van der Waals surface area contributed by atoms with Gasteiger partial charge < -0.3 is 18.9 Å². The van der Waals surface area contributed by atoms with Crippen LogP contribution >= 0.6 is 12.2 Å². The van der Waals surface area contributed by atoms with Crippen LogP contribution in [0.5, 0.6) is 0 Å². The molecule has 1 aliphatic rings. The SMILES string of the molecule is C#CCO[C@H]1C[C@H](n2cc(C(F)(F)F)c(=O)[nH]c2=O)O[C@@H]1COC(=S)OCCN(CCC)CCC. The molecule has 0 amide bonds. The van der Waals surface area contributed by atoms with Gasteiger partial charge in [-0.25, -0.2) is 4.79 Å². The first kappa shape index (κ1) is 28.8. The molecule has 0 bridgehead atoms. The normalized spacial score (nSPS) is 20.1. The van der Waals surface area contributed by atoms with Crippen LogP contribution in [0.1, 0.15) is 44.9 Å². The van der Waals surface area contributed by atoms with Crippen molar-refractivity contribution in [2.24, 2.45) is 0 Å². The van der Waals surface area contributed by atoms with Gasteiger partial charge in [0.05, 0.1) is 6.10 Å². The van der Waals surface area contributed by atoms with Crippen molar-refractivity contribution in [1.82, 2.24) is 14.5 Å². The molecule has 1 saturated heterocycles. The Hall–Kier alpha value is -2.40. The molecule has 3 atom stereocenters. The average molecular weight is 522 g/mol. The number of ether oxygens (including phenoxy) is 4. The molecule has 1 aromatic heterocycles. The number of aromatic nitrogens is 2. The van der Waals surface area contributed by atoms with Crippen LogP contribution in [0.4, 0.5) is 13.2 Å². The third-order valence-corrected chi connectivity index (χ3v) is 5.45. The van der Waals surface area contributed by atoms with E-state index >= 15 is 0 Å². The van der Waals surface area contributed by atoms with Crippen molar-refractivity contribution in [3.8, 4) is 12.3 Å². The standard InChI is InChI=1S/C22H30F3N3O6S/c1-4-7-27(8-5-2)9-11-32-21(35)33-14-17-16(31-10-6-3)12-18(34-17)28-13-15(22(23,24)25)19(29)26-20(28)30/h3,13,16-18H,4-5,7-12,14H2,1-2H3,(H,26,29,30)/t16-,17+,18+/m0/s1. The van der Waals surface area contributed by atoms with Gasteiger partial charge in [-0.15, -0.1) is 6.42 Å². The minimum absolute atomic E-state index is 0.00440. The second-order valence-electron chi connectivity index (χ2n) is 7.88. The third kappa shape index (κ3) is 8.64. The molecule has 0 unspecified atom stereocenters. The Morgan fingerprint density at radius 2 is 1.97 bits per heavy atom. The lowest BCUT2D eigenvalue weighted by Gasteiger charge is -2.22. The van der Waals surface area contributed by atoms with Crippen molar-refractivity contribution in [1.29, 1.82) is 0 Å². The van der Waals surface area contributed by atoms with E-state index in [9.17, 15) is 22.8 Å². The van der Waals surface area contributed by atoms with Gasteiger partial charge in [0.25, 0.3) is 5.56 Å². The van der Waals surface area contributed by atoms with Gasteiger partial charge in [0.1, 0.15) is 37.7 Å². The minimum atomic E-state index is -4.95. The van der Waals surface area contributed by atoms with E-state index in [4.69, 9.17) is 37.6 Å². The molecule has 2 rings (SSSR count). The number of nitrogens with zero attached hydrogens (tertiary/aromatic N) is 2. The van der Waals surface area contributed by atoms with Crippen molar-refractivity contribution in [2.75, 3.05) is 39.5 Å². The van der Waals surface area contributed by atoms with Crippen LogP contribution in [-0.4, -0.2) is 71.4 Å². The van der Waals surface area contributed by atoms with Gasteiger partial charge in [0.2, 0.25) is 0 Å². The van der Waals surface area contributed by atoms with Gasteiger partial charge in [0.15, 0.2) is 0 Å². The molecule has 2 heterocycles. The predicted molar refractivity (Wildman–Crippen MR) is 125 cm³/mol. The summed E-state index contributed by atoms with van der Waals surface area (Å²) in [5.74, 6) is 2.30. The maximum Gasteiger partial charge on any atom is 0.423 e. The number of alkyl halides is 3. The molecule has 1 N–H and O–H groups in total. The Bertz CT molecular complexity index is 984. The zero-order valence-corrected chi connectivity index (χ0v) is 20.5. The van der Waals surface area contributed by atoms with Crippen molar-refractivity contribution in [3.05, 3.63) is 32.6 Å². The number of hydrogen-bond donors (Lipinski definition) is 1. The summed E-state index contributed by atoms with van der Waals surface area (Å²) in [6.45, 7) is 6.85. The maximum absolute atomic E-state index is 13.1. The third-order valence-electron chi connectivity index (χ3n) is 5.22. The fraction of sp³-hybridized carbons (Fsp3) is 0.682. The Labute approximate surface area is 206 Å². The van der Waals surface area contributed by atoms with E-state index < -0.39 is 41.4 Å². The van der Waals surface area contributed by atoms with Crippen LogP contribution in [0, 0.1) is 12.3 Å². The number of terminal acetylenes is 1. The first-order chi connectivity index (χ1) is 16.6. The van der Waals surface area contributed by atoms with E-state index in [1.54, 1.807) is 4.98 Å². The van der Waals surface area contributed by atoms with Gasteiger partial charge in [-0.05, 0) is 25.9 Å². The largest absolute Gasteiger partial charge is 0.456 e. The van der Waals surface area contributed by atoms with Crippen LogP contribution in [0.25, 0.3) is 0 Å². The van der Waals surface area contributed by atoms with Crippen molar-refractivity contribution in [2.45, 2.75) is 57.7 Å². The number of thiocarbonyl (C=S) groups is 1. The van der Waals surface area contributed by atoms with Crippen LogP contribution < -0.4 is 11.2 Å². The van der Waals surface area contributed by atoms with E-state index in [1.807, 2.05) is 0 Å². The number of halogens is 3. The molecule has 0 radical (unpaired) electrons. The maximum atomic E-state index is 13.1. The molecule has 9 nitrogen and oxygen atoms in total. The number of rotatable bonds is 12. The topological polar surface area (TPSA) is 95.0 Å². The van der Waals surface area contributed by atoms with E-state index in [0.29, 0.717) is 23.9 Å². The molecule has 35 heavy (non-hydrogen) atoms. The Kier molecular flexibility index (Phi) is 11.2. The zero-order chi connectivity index (χ0) is 26.0. The molecule has 196 valence electrons. The highest BCUT2D eigenvalue weighted by molar-refractivity contribution is 7.79. The molecular formula is C22H30F3N3O6S. The summed E-state index contributed by atoms with van der Waals surface area (Å²) < 4.78 is 62.3. The average Bonchev–Trinajstić information content (AvgIpc) is 3.18. The van der Waals surface area contributed by atoms with Gasteiger partial charge in [-0.2, -0.15) is 13.2 Å². The number of aromatic amines is 1. The molecule has 1 fully saturated rings. The Balaban J connectivity index is 2.02. The summed E-state index contributed by atoms with van der Waals surface area (Å²) in [5, 5.41) is -0.110. The second kappa shape index (κ2) is 13.6. The fourth-order valence-corrected chi connectivity index (χ4v) is 3.82. The molecule has 0 aromatic carbocycles. The van der Waals surface area contributed by atoms with Crippen molar-refractivity contribution < 1.29 is 32.1 Å². The highest BCUT2D eigenvalue weighted by atomic mass is 32.1. The molecule has 0 spiro atoms. The van der Waals surface area contributed by atoms with Crippen molar-refractivity contribution in [3.63, 3.8) is 0 Å². The predicted octanol–water partition coefficient (Wildman–Crippen LogP) is 2.30. The monoisotopic (exact) mass is 521 g/mol. The van der Waals surface area contributed by atoms with Gasteiger partial charge in [0, 0.05) is 31.4 Å². The Morgan fingerprint density at radius 3 is 2.57 bits per heavy atom. The van der Waals surface area contributed by atoms with E-state index in [1.165, 1.54) is 0 Å². The summed E-state index contributed by atoms with van der Waals surface area (Å²) in [4.78, 5) is 27.7. The highest BCUT2D eigenvalue weighted by Gasteiger charge is 2.40. The molecule has 1 aromatic rings. The summed E-state index contributed by atoms with van der Waals surface area (Å²) in [7, 11) is 0. The van der Waals surface area contributed by atoms with Gasteiger partial charge >= 0.3 is 17.1 Å². The molecule has 1 aliphatic heterocycles. The summed E-state index contributed by atoms with van der Waals surface area (Å²) in [6.07, 6.45) is 0.0974. The number of nitrogens with one attached hydrogen (secondary N) is 1. The summed E-state index contributed by atoms with van der Waals surface area (Å²) in [6, 6.07) is 0. The molecule has 0 aliphatic carbocycles. The van der Waals surface area contributed by atoms with Gasteiger partial charge in [-0.3, -0.25) is 19.2 Å². The lowest BCUT2D eigenvalue weighted by Crippen LogP contribution is -2.36.